The molecule has 0 saturated carbocycles. The number of likely N-dealkylation sites (tertiary alicyclic amines) is 2. The van der Waals surface area contributed by atoms with E-state index in [1.54, 1.807) is 36.7 Å². The van der Waals surface area contributed by atoms with Crippen molar-refractivity contribution in [3.05, 3.63) is 48.0 Å². The lowest BCUT2D eigenvalue weighted by Gasteiger charge is -2.37. The van der Waals surface area contributed by atoms with Gasteiger partial charge in [-0.3, -0.25) is 9.97 Å². The van der Waals surface area contributed by atoms with Gasteiger partial charge in [0.05, 0.1) is 40.3 Å². The first-order valence-corrected chi connectivity index (χ1v) is 12.8. The molecule has 2 aliphatic heterocycles. The number of amides is 1. The number of aromatic hydroxyl groups is 2. The number of nitrogens with zero attached hydrogens (tertiary/aromatic N) is 5. The van der Waals surface area contributed by atoms with Gasteiger partial charge < -0.3 is 51.0 Å². The van der Waals surface area contributed by atoms with Crippen LogP contribution in [0.1, 0.15) is 49.9 Å². The second-order valence-corrected chi connectivity index (χ2v) is 10.7. The number of hydrogen-bond donors (Lipinski definition) is 2. The zero-order chi connectivity index (χ0) is 26.6. The first-order valence-electron chi connectivity index (χ1n) is 12.8. The van der Waals surface area contributed by atoms with Gasteiger partial charge in [-0.2, -0.15) is 0 Å². The van der Waals surface area contributed by atoms with Crippen LogP contribution in [0.4, 0.5) is 4.79 Å². The van der Waals surface area contributed by atoms with Crippen LogP contribution in [0.15, 0.2) is 36.7 Å². The molecule has 0 bridgehead atoms. The second kappa shape index (κ2) is 15.7. The van der Waals surface area contributed by atoms with Crippen molar-refractivity contribution >= 4 is 6.09 Å². The minimum absolute atomic E-state index is 0. The lowest BCUT2D eigenvalue weighted by atomic mass is 10.1. The van der Waals surface area contributed by atoms with Crippen molar-refractivity contribution in [1.29, 1.82) is 0 Å². The summed E-state index contributed by atoms with van der Waals surface area (Å²) in [5, 5.41) is 28.9. The smallest absolute Gasteiger partial charge is 0.142 e. The highest BCUT2D eigenvalue weighted by Gasteiger charge is 2.27. The minimum Gasteiger partial charge on any atom is -1.00 e. The molecule has 10 heteroatoms. The fourth-order valence-electron chi connectivity index (χ4n) is 4.69. The third-order valence-corrected chi connectivity index (χ3v) is 6.95. The summed E-state index contributed by atoms with van der Waals surface area (Å²) in [6.45, 7) is 6.53. The van der Waals surface area contributed by atoms with Crippen molar-refractivity contribution in [2.45, 2.75) is 51.6 Å². The average Bonchev–Trinajstić information content (AvgIpc) is 2.83. The van der Waals surface area contributed by atoms with Gasteiger partial charge in [0.1, 0.15) is 42.1 Å². The molecule has 2 aliphatic rings. The van der Waals surface area contributed by atoms with Gasteiger partial charge in [-0.15, -0.1) is 0 Å². The Morgan fingerprint density at radius 1 is 0.811 bits per heavy atom. The van der Waals surface area contributed by atoms with Crippen molar-refractivity contribution < 1.29 is 46.1 Å². The van der Waals surface area contributed by atoms with Gasteiger partial charge >= 0.3 is 0 Å². The Bertz CT molecular complexity index is 880. The van der Waals surface area contributed by atoms with E-state index in [2.05, 4.69) is 24.1 Å². The van der Waals surface area contributed by atoms with Gasteiger partial charge in [0, 0.05) is 26.5 Å². The summed E-state index contributed by atoms with van der Waals surface area (Å²) < 4.78 is 2.04. The number of halogens is 1. The summed E-state index contributed by atoms with van der Waals surface area (Å²) in [6.07, 6.45) is 10.2. The molecule has 4 rings (SSSR count). The number of pyridine rings is 2. The minimum atomic E-state index is -1.16. The molecule has 0 spiro atoms. The summed E-state index contributed by atoms with van der Waals surface area (Å²) in [4.78, 5) is 19.0. The second-order valence-electron chi connectivity index (χ2n) is 10.7. The van der Waals surface area contributed by atoms with Crippen LogP contribution < -0.4 is 22.1 Å². The number of hydrogen-bond acceptors (Lipinski definition) is 6. The summed E-state index contributed by atoms with van der Waals surface area (Å²) in [5.74, 6) is 0.671. The highest BCUT2D eigenvalue weighted by Crippen LogP contribution is 2.24. The van der Waals surface area contributed by atoms with Gasteiger partial charge in [-0.1, -0.05) is 0 Å². The fourth-order valence-corrected chi connectivity index (χ4v) is 4.69. The van der Waals surface area contributed by atoms with Crippen LogP contribution in [-0.4, -0.2) is 94.5 Å². The van der Waals surface area contributed by atoms with Crippen LogP contribution in [0, 0.1) is 0 Å². The van der Waals surface area contributed by atoms with Crippen molar-refractivity contribution in [3.8, 4) is 11.5 Å². The molecule has 2 aromatic rings. The Morgan fingerprint density at radius 2 is 1.14 bits per heavy atom. The molecule has 37 heavy (non-hydrogen) atoms. The molecule has 9 nitrogen and oxygen atoms in total. The molecule has 4 heterocycles. The zero-order valence-electron chi connectivity index (χ0n) is 22.8. The predicted molar refractivity (Wildman–Crippen MR) is 138 cm³/mol. The standard InChI is InChI=1S/2C12H18N2O.C3H7NO2.BrH/c2*1-14(8-3-2-4-9-14)10-11-12(15)6-5-7-13-11;1-4(2)3(5)6;/h2*5-7H,2-4,8-10H2,1H3;1-2H3,(H,5,6);1H. The number of aromatic nitrogens is 2. The normalized spacial score (nSPS) is 17.5. The summed E-state index contributed by atoms with van der Waals surface area (Å²) in [7, 11) is 7.34. The van der Waals surface area contributed by atoms with Crippen LogP contribution in [0.3, 0.4) is 0 Å². The molecule has 2 aromatic heterocycles. The molecule has 2 N–H and O–H groups in total. The van der Waals surface area contributed by atoms with Crippen LogP contribution in [0.25, 0.3) is 0 Å². The first-order chi connectivity index (χ1) is 17.0. The topological polar surface area (TPSA) is 110 Å². The molecule has 2 saturated heterocycles. The van der Waals surface area contributed by atoms with Gasteiger partial charge in [0.15, 0.2) is 0 Å². The van der Waals surface area contributed by atoms with E-state index in [9.17, 15) is 20.1 Å². The number of rotatable bonds is 4. The number of carbonyl (C=O) groups excluding carboxylic acids is 1. The van der Waals surface area contributed by atoms with Gasteiger partial charge in [0.25, 0.3) is 0 Å². The average molecular weight is 583 g/mol. The molecule has 0 radical (unpaired) electrons. The molecular weight excluding hydrogens is 538 g/mol. The van der Waals surface area contributed by atoms with E-state index in [1.165, 1.54) is 78.8 Å². The summed E-state index contributed by atoms with van der Waals surface area (Å²) in [5.41, 5.74) is 1.67. The molecule has 1 amide bonds. The largest absolute Gasteiger partial charge is 1.00 e. The highest BCUT2D eigenvalue weighted by molar-refractivity contribution is 5.61. The Kier molecular flexibility index (Phi) is 13.9. The Hall–Kier alpha value is -2.43. The number of carbonyl (C=O) groups is 1. The Labute approximate surface area is 232 Å². The molecule has 0 unspecified atom stereocenters. The SMILES string of the molecule is CN(C)C(=O)[O-].C[N+]1(Cc2ncccc2O)CCCCC1.C[N+]1(Cc2ncccc2O)CCCCC1.[Br-]. The van der Waals surface area contributed by atoms with Crippen LogP contribution >= 0.6 is 0 Å². The lowest BCUT2D eigenvalue weighted by molar-refractivity contribution is -0.927. The molecular formula is C27H44BrN5O4. The van der Waals surface area contributed by atoms with Crippen molar-refractivity contribution in [2.75, 3.05) is 54.4 Å². The quantitative estimate of drug-likeness (QED) is 0.481. The van der Waals surface area contributed by atoms with Crippen molar-refractivity contribution in [2.24, 2.45) is 0 Å². The van der Waals surface area contributed by atoms with E-state index in [0.717, 1.165) is 38.3 Å². The van der Waals surface area contributed by atoms with Gasteiger partial charge in [-0.25, -0.2) is 0 Å². The highest BCUT2D eigenvalue weighted by atomic mass is 79.9. The van der Waals surface area contributed by atoms with E-state index in [0.29, 0.717) is 11.5 Å². The predicted octanol–water partition coefficient (Wildman–Crippen LogP) is -0.269. The maximum atomic E-state index is 9.68. The zero-order valence-corrected chi connectivity index (χ0v) is 24.4. The van der Waals surface area contributed by atoms with Crippen LogP contribution in [0.5, 0.6) is 11.5 Å². The maximum absolute atomic E-state index is 9.68. The molecule has 0 aromatic carbocycles. The number of quaternary nitrogens is 2. The van der Waals surface area contributed by atoms with E-state index < -0.39 is 6.09 Å². The number of carboxylic acid groups (broad SMARTS) is 1. The van der Waals surface area contributed by atoms with Gasteiger partial charge in [-0.05, 0) is 62.8 Å². The van der Waals surface area contributed by atoms with Crippen LogP contribution in [-0.2, 0) is 13.1 Å². The van der Waals surface area contributed by atoms with Crippen molar-refractivity contribution in [3.63, 3.8) is 0 Å². The fraction of sp³-hybridized carbons (Fsp3) is 0.593. The molecule has 0 aliphatic carbocycles. The van der Waals surface area contributed by atoms with E-state index in [4.69, 9.17) is 0 Å². The van der Waals surface area contributed by atoms with Crippen molar-refractivity contribution in [1.82, 2.24) is 14.9 Å². The lowest BCUT2D eigenvalue weighted by Crippen LogP contribution is -3.00. The third-order valence-electron chi connectivity index (χ3n) is 6.95. The number of piperidine rings is 2. The molecule has 0 atom stereocenters. The monoisotopic (exact) mass is 581 g/mol. The molecule has 208 valence electrons. The maximum Gasteiger partial charge on any atom is 0.142 e. The van der Waals surface area contributed by atoms with E-state index in [1.807, 2.05) is 0 Å². The van der Waals surface area contributed by atoms with Crippen LogP contribution in [0.2, 0.25) is 0 Å². The van der Waals surface area contributed by atoms with Gasteiger partial charge in [0.2, 0.25) is 0 Å². The van der Waals surface area contributed by atoms with E-state index in [-0.39, 0.29) is 17.0 Å². The Morgan fingerprint density at radius 3 is 1.41 bits per heavy atom. The molecule has 2 fully saturated rings. The summed E-state index contributed by atoms with van der Waals surface area (Å²) >= 11 is 0. The summed E-state index contributed by atoms with van der Waals surface area (Å²) in [6, 6.07) is 6.99. The first kappa shape index (κ1) is 32.6. The van der Waals surface area contributed by atoms with E-state index >= 15 is 0 Å². The Balaban J connectivity index is 0.000000299. The third kappa shape index (κ3) is 11.7.